The summed E-state index contributed by atoms with van der Waals surface area (Å²) in [5.41, 5.74) is 2.23. The summed E-state index contributed by atoms with van der Waals surface area (Å²) in [5.74, 6) is -0.0269. The largest absolute Gasteiger partial charge is 2.00 e. The number of ether oxygens (including phenoxy) is 1. The average Bonchev–Trinajstić information content (AvgIpc) is 2.86. The van der Waals surface area contributed by atoms with E-state index < -0.39 is 5.97 Å². The maximum atomic E-state index is 12.6. The van der Waals surface area contributed by atoms with Gasteiger partial charge in [-0.15, -0.1) is 12.2 Å². The molecule has 1 radical (unpaired) electrons. The summed E-state index contributed by atoms with van der Waals surface area (Å²) >= 11 is 0. The number of hydrogen-bond acceptors (Lipinski definition) is 2. The number of benzene rings is 4. The van der Waals surface area contributed by atoms with Crippen LogP contribution in [0.25, 0.3) is 5.57 Å². The molecule has 0 amide bonds. The van der Waals surface area contributed by atoms with Crippen molar-refractivity contribution in [2.45, 2.75) is 14.7 Å². The molecule has 0 fully saturated rings. The third-order valence-corrected chi connectivity index (χ3v) is 7.44. The van der Waals surface area contributed by atoms with Crippen molar-refractivity contribution in [3.05, 3.63) is 141 Å². The van der Waals surface area contributed by atoms with Crippen LogP contribution in [0.2, 0.25) is 0 Å². The summed E-state index contributed by atoms with van der Waals surface area (Å²) in [6, 6.07) is 35.8. The molecule has 34 heavy (non-hydrogen) atoms. The number of carbonyl (C=O) groups excluding carboxylic acids is 1. The van der Waals surface area contributed by atoms with Gasteiger partial charge in [-0.25, -0.2) is 4.79 Å². The van der Waals surface area contributed by atoms with Crippen LogP contribution in [-0.4, -0.2) is 5.97 Å². The molecule has 0 unspecified atom stereocenters. The van der Waals surface area contributed by atoms with Gasteiger partial charge in [0.25, 0.3) is 0 Å². The maximum Gasteiger partial charge on any atom is 2.00 e. The summed E-state index contributed by atoms with van der Waals surface area (Å²) in [4.78, 5) is 16.3. The minimum Gasteiger partial charge on any atom is -0.423 e. The van der Waals surface area contributed by atoms with E-state index in [1.807, 2.05) is 48.5 Å². The summed E-state index contributed by atoms with van der Waals surface area (Å²) in [6.45, 7) is 11.8. The Morgan fingerprint density at radius 1 is 0.676 bits per heavy atom. The van der Waals surface area contributed by atoms with Crippen molar-refractivity contribution in [3.8, 4) is 5.75 Å². The zero-order valence-corrected chi connectivity index (χ0v) is 21.1. The predicted octanol–water partition coefficient (Wildman–Crippen LogP) is 7.30. The Balaban J connectivity index is 0.00000324. The van der Waals surface area contributed by atoms with Gasteiger partial charge in [0.05, 0.1) is 16.5 Å². The van der Waals surface area contributed by atoms with Crippen molar-refractivity contribution in [3.63, 3.8) is 0 Å². The number of hydrogen-bond donors (Lipinski definition) is 0. The fraction of sp³-hybridized carbons (Fsp3) is 0.0333. The van der Waals surface area contributed by atoms with Gasteiger partial charge in [0.1, 0.15) is 5.75 Å². The molecule has 0 spiro atoms. The third-order valence-electron chi connectivity index (χ3n) is 5.21. The van der Waals surface area contributed by atoms with Crippen LogP contribution in [0.5, 0.6) is 5.75 Å². The third kappa shape index (κ3) is 6.14. The van der Waals surface area contributed by atoms with Gasteiger partial charge in [0.2, 0.25) is 0 Å². The van der Waals surface area contributed by atoms with E-state index in [0.717, 1.165) is 16.0 Å². The Bertz CT molecular complexity index is 1180. The van der Waals surface area contributed by atoms with Gasteiger partial charge >= 0.3 is 25.4 Å². The smallest absolute Gasteiger partial charge is 0.423 e. The van der Waals surface area contributed by atoms with Crippen molar-refractivity contribution in [1.29, 1.82) is 0 Å². The van der Waals surface area contributed by atoms with Crippen molar-refractivity contribution in [2.75, 3.05) is 0 Å². The molecule has 4 aromatic carbocycles. The molecular weight excluding hydrogens is 527 g/mol. The molecule has 0 saturated heterocycles. The monoisotopic (exact) mass is 552 g/mol. The molecule has 0 saturated carbocycles. The molecule has 0 N–H and O–H groups in total. The van der Waals surface area contributed by atoms with E-state index in [4.69, 9.17) is 4.74 Å². The molecule has 0 heterocycles. The molecule has 0 aliphatic rings. The minimum atomic E-state index is -0.397. The van der Waals surface area contributed by atoms with Gasteiger partial charge in [-0.3, -0.25) is 5.92 Å². The van der Waals surface area contributed by atoms with Crippen LogP contribution < -0.4 is 4.74 Å². The molecule has 0 aliphatic carbocycles. The second-order valence-corrected chi connectivity index (χ2v) is 9.62. The fourth-order valence-corrected chi connectivity index (χ4v) is 5.47. The van der Waals surface area contributed by atoms with Crippen molar-refractivity contribution in [2.24, 2.45) is 5.92 Å². The van der Waals surface area contributed by atoms with Gasteiger partial charge in [0, 0.05) is 0 Å². The minimum absolute atomic E-state index is 0. The van der Waals surface area contributed by atoms with Crippen molar-refractivity contribution < 1.29 is 29.0 Å². The first-order valence-electron chi connectivity index (χ1n) is 10.6. The summed E-state index contributed by atoms with van der Waals surface area (Å²) in [7, 11) is -0.242. The number of esters is 1. The first kappa shape index (κ1) is 25.7. The molecule has 4 aromatic rings. The standard InChI is InChI=1S/C30H25O2S.Rh/c1-22(2)23(3)24-14-16-25(17-15-24)30(31)32-26-18-20-29(21-19-26)33(27-10-6-4-7-11-27)28-12-8-5-9-13-28;/h4-22H,1-3H2;/q-1;+2. The van der Waals surface area contributed by atoms with Gasteiger partial charge in [-0.1, -0.05) is 48.5 Å². The second-order valence-electron chi connectivity index (χ2n) is 7.59. The van der Waals surface area contributed by atoms with Crippen LogP contribution in [0.1, 0.15) is 15.9 Å². The average molecular weight is 553 g/mol. The van der Waals surface area contributed by atoms with E-state index in [9.17, 15) is 4.79 Å². The number of carbonyl (C=O) groups is 1. The SMILES string of the molecule is C=C(c1ccc(C(=O)Oc2ccc([S+](c3ccccc3)c3ccccc3)cc2)cc1)C([CH2-])[CH2-].[Rh+2]. The van der Waals surface area contributed by atoms with Crippen LogP contribution in [0.4, 0.5) is 0 Å². The Morgan fingerprint density at radius 3 is 1.59 bits per heavy atom. The maximum absolute atomic E-state index is 12.6. The van der Waals surface area contributed by atoms with E-state index in [0.29, 0.717) is 11.3 Å². The molecule has 0 aromatic heterocycles. The van der Waals surface area contributed by atoms with E-state index >= 15 is 0 Å². The zero-order valence-electron chi connectivity index (χ0n) is 18.6. The normalized spacial score (nSPS) is 10.6. The van der Waals surface area contributed by atoms with Crippen molar-refractivity contribution in [1.82, 2.24) is 0 Å². The summed E-state index contributed by atoms with van der Waals surface area (Å²) in [6.07, 6.45) is 0. The molecular formula is C30H25O2RhS+. The van der Waals surface area contributed by atoms with Crippen LogP contribution in [-0.2, 0) is 30.4 Å². The molecule has 171 valence electrons. The summed E-state index contributed by atoms with van der Waals surface area (Å²) < 4.78 is 5.61. The zero-order chi connectivity index (χ0) is 23.2. The van der Waals surface area contributed by atoms with Gasteiger partial charge in [-0.2, -0.15) is 0 Å². The Hall–Kier alpha value is -2.94. The van der Waals surface area contributed by atoms with Gasteiger partial charge in [0.15, 0.2) is 14.7 Å². The second kappa shape index (κ2) is 12.0. The van der Waals surface area contributed by atoms with E-state index in [-0.39, 0.29) is 36.3 Å². The molecule has 4 heteroatoms. The number of allylic oxidation sites excluding steroid dienone is 1. The fourth-order valence-electron chi connectivity index (χ4n) is 3.39. The van der Waals surface area contributed by atoms with E-state index in [1.54, 1.807) is 12.1 Å². The topological polar surface area (TPSA) is 26.3 Å². The molecule has 0 atom stereocenters. The molecule has 2 nitrogen and oxygen atoms in total. The van der Waals surface area contributed by atoms with Crippen molar-refractivity contribution >= 4 is 22.4 Å². The predicted molar refractivity (Wildman–Crippen MR) is 136 cm³/mol. The van der Waals surface area contributed by atoms with Crippen LogP contribution in [0.3, 0.4) is 0 Å². The van der Waals surface area contributed by atoms with Crippen LogP contribution in [0.15, 0.2) is 130 Å². The molecule has 0 bridgehead atoms. The van der Waals surface area contributed by atoms with Crippen LogP contribution >= 0.6 is 0 Å². The Morgan fingerprint density at radius 2 is 1.12 bits per heavy atom. The van der Waals surface area contributed by atoms with Crippen LogP contribution in [0, 0.1) is 19.8 Å². The number of rotatable bonds is 7. The summed E-state index contributed by atoms with van der Waals surface area (Å²) in [5, 5.41) is 0. The Labute approximate surface area is 217 Å². The molecule has 0 aliphatic heterocycles. The molecule has 4 rings (SSSR count). The van der Waals surface area contributed by atoms with E-state index in [1.165, 1.54) is 9.79 Å². The first-order chi connectivity index (χ1) is 16.0. The quantitative estimate of drug-likeness (QED) is 0.0791. The van der Waals surface area contributed by atoms with E-state index in [2.05, 4.69) is 69.0 Å². The van der Waals surface area contributed by atoms with Gasteiger partial charge < -0.3 is 18.6 Å². The van der Waals surface area contributed by atoms with Gasteiger partial charge in [-0.05, 0) is 66.2 Å². The Kier molecular flexibility index (Phi) is 9.04. The first-order valence-corrected chi connectivity index (χ1v) is 11.9.